The lowest BCUT2D eigenvalue weighted by atomic mass is 9.96. The molecule has 0 saturated carbocycles. The van der Waals surface area contributed by atoms with Gasteiger partial charge in [-0.05, 0) is 30.4 Å². The Hall–Kier alpha value is -2.14. The smallest absolute Gasteiger partial charge is 0.271 e. The molecule has 23 heavy (non-hydrogen) atoms. The number of carbonyl (C=O) groups excluding carboxylic acids is 1. The van der Waals surface area contributed by atoms with Crippen LogP contribution in [0.4, 0.5) is 0 Å². The number of benzene rings is 1. The fraction of sp³-hybridized carbons (Fsp3) is 0.444. The largest absolute Gasteiger partial charge is 0.396 e. The first-order chi connectivity index (χ1) is 11.1. The zero-order valence-electron chi connectivity index (χ0n) is 13.7. The summed E-state index contributed by atoms with van der Waals surface area (Å²) in [5, 5.41) is 19.1. The molecule has 1 amide bonds. The van der Waals surface area contributed by atoms with E-state index in [1.54, 1.807) is 6.07 Å². The molecule has 0 aliphatic rings. The van der Waals surface area contributed by atoms with Gasteiger partial charge in [-0.1, -0.05) is 44.2 Å². The van der Waals surface area contributed by atoms with Gasteiger partial charge < -0.3 is 10.4 Å². The molecule has 1 heterocycles. The van der Waals surface area contributed by atoms with Gasteiger partial charge >= 0.3 is 0 Å². The van der Waals surface area contributed by atoms with Crippen LogP contribution in [0.15, 0.2) is 36.4 Å². The molecule has 1 aromatic carbocycles. The summed E-state index contributed by atoms with van der Waals surface area (Å²) in [6, 6.07) is 11.7. The van der Waals surface area contributed by atoms with Crippen LogP contribution >= 0.6 is 0 Å². The van der Waals surface area contributed by atoms with Crippen molar-refractivity contribution in [1.82, 2.24) is 15.5 Å². The first-order valence-electron chi connectivity index (χ1n) is 8.08. The van der Waals surface area contributed by atoms with E-state index < -0.39 is 0 Å². The van der Waals surface area contributed by atoms with Crippen LogP contribution < -0.4 is 5.32 Å². The molecule has 2 aromatic rings. The second-order valence-corrected chi connectivity index (χ2v) is 6.21. The lowest BCUT2D eigenvalue weighted by Gasteiger charge is -2.16. The summed E-state index contributed by atoms with van der Waals surface area (Å²) in [5.74, 6) is 0.424. The zero-order chi connectivity index (χ0) is 16.7. The van der Waals surface area contributed by atoms with Gasteiger partial charge in [0.25, 0.3) is 5.91 Å². The van der Waals surface area contributed by atoms with Gasteiger partial charge in [-0.25, -0.2) is 0 Å². The number of hydrogen-bond donors (Lipinski definition) is 3. The summed E-state index contributed by atoms with van der Waals surface area (Å²) in [4.78, 5) is 12.2. The van der Waals surface area contributed by atoms with Gasteiger partial charge in [0.2, 0.25) is 0 Å². The molecule has 5 heteroatoms. The number of aliphatic hydroxyl groups excluding tert-OH is 1. The maximum atomic E-state index is 12.2. The third-order valence-corrected chi connectivity index (χ3v) is 3.75. The molecule has 1 aromatic heterocycles. The number of aromatic amines is 1. The molecule has 1 unspecified atom stereocenters. The molecular weight excluding hydrogens is 290 g/mol. The number of nitrogens with zero attached hydrogens (tertiary/aromatic N) is 1. The maximum absolute atomic E-state index is 12.2. The summed E-state index contributed by atoms with van der Waals surface area (Å²) in [7, 11) is 0. The predicted octanol–water partition coefficient (Wildman–Crippen LogP) is 2.50. The van der Waals surface area contributed by atoms with Crippen LogP contribution in [-0.2, 0) is 6.42 Å². The number of nitrogens with one attached hydrogen (secondary N) is 2. The third kappa shape index (κ3) is 5.21. The highest BCUT2D eigenvalue weighted by molar-refractivity contribution is 5.92. The second kappa shape index (κ2) is 8.48. The summed E-state index contributed by atoms with van der Waals surface area (Å²) in [6.45, 7) is 4.83. The van der Waals surface area contributed by atoms with E-state index in [0.717, 1.165) is 17.7 Å². The molecule has 0 saturated heterocycles. The van der Waals surface area contributed by atoms with Crippen molar-refractivity contribution in [1.29, 1.82) is 0 Å². The zero-order valence-corrected chi connectivity index (χ0v) is 13.7. The molecule has 1 atom stereocenters. The number of H-pyrrole nitrogens is 1. The minimum atomic E-state index is -0.185. The van der Waals surface area contributed by atoms with Crippen LogP contribution in [0.2, 0.25) is 0 Å². The number of rotatable bonds is 8. The van der Waals surface area contributed by atoms with Crippen molar-refractivity contribution < 1.29 is 9.90 Å². The molecule has 0 fully saturated rings. The van der Waals surface area contributed by atoms with E-state index in [1.165, 1.54) is 0 Å². The molecular formula is C18H25N3O2. The Bertz CT molecular complexity index is 608. The molecule has 0 aliphatic heterocycles. The van der Waals surface area contributed by atoms with Crippen molar-refractivity contribution in [2.75, 3.05) is 13.2 Å². The average Bonchev–Trinajstić information content (AvgIpc) is 2.99. The topological polar surface area (TPSA) is 78.0 Å². The van der Waals surface area contributed by atoms with Gasteiger partial charge in [-0.15, -0.1) is 0 Å². The standard InChI is InChI=1S/C18H25N3O2/c1-13(2)10-16-11-17(21-20-16)18(23)19-12-15(8-9-22)14-6-4-3-5-7-14/h3-7,11,13,15,22H,8-10,12H2,1-2H3,(H,19,23)(H,20,21). The molecule has 0 bridgehead atoms. The third-order valence-electron chi connectivity index (χ3n) is 3.75. The second-order valence-electron chi connectivity index (χ2n) is 6.21. The van der Waals surface area contributed by atoms with Gasteiger partial charge in [0.15, 0.2) is 0 Å². The SMILES string of the molecule is CC(C)Cc1cc(C(=O)NCC(CCO)c2ccccc2)n[nH]1. The van der Waals surface area contributed by atoms with Gasteiger partial charge in [0.05, 0.1) is 0 Å². The lowest BCUT2D eigenvalue weighted by Crippen LogP contribution is -2.29. The number of carbonyl (C=O) groups is 1. The Balaban J connectivity index is 1.95. The van der Waals surface area contributed by atoms with Crippen molar-refractivity contribution in [3.63, 3.8) is 0 Å². The number of amides is 1. The monoisotopic (exact) mass is 315 g/mol. The number of aromatic nitrogens is 2. The maximum Gasteiger partial charge on any atom is 0.271 e. The average molecular weight is 315 g/mol. The van der Waals surface area contributed by atoms with Gasteiger partial charge in [-0.2, -0.15) is 5.10 Å². The molecule has 2 rings (SSSR count). The normalized spacial score (nSPS) is 12.3. The van der Waals surface area contributed by atoms with E-state index in [4.69, 9.17) is 0 Å². The fourth-order valence-corrected chi connectivity index (χ4v) is 2.60. The minimum absolute atomic E-state index is 0.0936. The van der Waals surface area contributed by atoms with Crippen molar-refractivity contribution in [3.05, 3.63) is 53.3 Å². The molecule has 3 N–H and O–H groups in total. The molecule has 0 radical (unpaired) electrons. The van der Waals surface area contributed by atoms with E-state index in [9.17, 15) is 9.90 Å². The highest BCUT2D eigenvalue weighted by Gasteiger charge is 2.15. The number of aliphatic hydroxyl groups is 1. The van der Waals surface area contributed by atoms with Gasteiger partial charge in [0.1, 0.15) is 5.69 Å². The Labute approximate surface area is 137 Å². The summed E-state index contributed by atoms with van der Waals surface area (Å²) in [5.41, 5.74) is 2.50. The van der Waals surface area contributed by atoms with Crippen molar-refractivity contribution in [3.8, 4) is 0 Å². The van der Waals surface area contributed by atoms with E-state index in [1.807, 2.05) is 30.3 Å². The summed E-state index contributed by atoms with van der Waals surface area (Å²) < 4.78 is 0. The fourth-order valence-electron chi connectivity index (χ4n) is 2.60. The van der Waals surface area contributed by atoms with Crippen LogP contribution in [-0.4, -0.2) is 34.4 Å². The quantitative estimate of drug-likeness (QED) is 0.700. The highest BCUT2D eigenvalue weighted by atomic mass is 16.3. The molecule has 0 spiro atoms. The van der Waals surface area contributed by atoms with Gasteiger partial charge in [0, 0.05) is 24.8 Å². The van der Waals surface area contributed by atoms with Crippen LogP contribution in [0, 0.1) is 5.92 Å². The van der Waals surface area contributed by atoms with E-state index >= 15 is 0 Å². The first-order valence-corrected chi connectivity index (χ1v) is 8.08. The predicted molar refractivity (Wildman–Crippen MR) is 90.3 cm³/mol. The van der Waals surface area contributed by atoms with E-state index in [-0.39, 0.29) is 18.4 Å². The molecule has 124 valence electrons. The van der Waals surface area contributed by atoms with Crippen molar-refractivity contribution >= 4 is 5.91 Å². The Morgan fingerprint density at radius 3 is 2.70 bits per heavy atom. The van der Waals surface area contributed by atoms with Crippen molar-refractivity contribution in [2.45, 2.75) is 32.6 Å². The van der Waals surface area contributed by atoms with E-state index in [0.29, 0.717) is 24.6 Å². The van der Waals surface area contributed by atoms with Gasteiger partial charge in [-0.3, -0.25) is 9.89 Å². The Morgan fingerprint density at radius 2 is 2.04 bits per heavy atom. The van der Waals surface area contributed by atoms with E-state index in [2.05, 4.69) is 29.4 Å². The summed E-state index contributed by atoms with van der Waals surface area (Å²) in [6.07, 6.45) is 1.49. The van der Waals surface area contributed by atoms with Crippen LogP contribution in [0.1, 0.15) is 47.9 Å². The lowest BCUT2D eigenvalue weighted by molar-refractivity contribution is 0.0944. The Morgan fingerprint density at radius 1 is 1.30 bits per heavy atom. The molecule has 5 nitrogen and oxygen atoms in total. The molecule has 0 aliphatic carbocycles. The van der Waals surface area contributed by atoms with Crippen LogP contribution in [0.5, 0.6) is 0 Å². The first kappa shape index (κ1) is 17.2. The highest BCUT2D eigenvalue weighted by Crippen LogP contribution is 2.18. The van der Waals surface area contributed by atoms with Crippen LogP contribution in [0.3, 0.4) is 0 Å². The van der Waals surface area contributed by atoms with Crippen LogP contribution in [0.25, 0.3) is 0 Å². The summed E-state index contributed by atoms with van der Waals surface area (Å²) >= 11 is 0. The number of hydrogen-bond acceptors (Lipinski definition) is 3. The van der Waals surface area contributed by atoms with Crippen molar-refractivity contribution in [2.24, 2.45) is 5.92 Å². The minimum Gasteiger partial charge on any atom is -0.396 e. The Kier molecular flexibility index (Phi) is 6.35.